The van der Waals surface area contributed by atoms with E-state index in [1.807, 2.05) is 6.92 Å². The number of carbonyl (C=O) groups is 2. The Kier molecular flexibility index (Phi) is 6.22. The van der Waals surface area contributed by atoms with Crippen molar-refractivity contribution in [1.29, 1.82) is 0 Å². The van der Waals surface area contributed by atoms with Crippen LogP contribution in [0.4, 0.5) is 4.79 Å². The van der Waals surface area contributed by atoms with E-state index >= 15 is 0 Å². The van der Waals surface area contributed by atoms with Crippen LogP contribution in [0.1, 0.15) is 13.8 Å². The Balaban J connectivity index is 4.35. The van der Waals surface area contributed by atoms with Crippen molar-refractivity contribution < 1.29 is 14.7 Å². The summed E-state index contributed by atoms with van der Waals surface area (Å²) < 4.78 is 0. The van der Waals surface area contributed by atoms with E-state index < -0.39 is 11.9 Å². The fourth-order valence-corrected chi connectivity index (χ4v) is 1.31. The summed E-state index contributed by atoms with van der Waals surface area (Å²) in [5.74, 6) is -1.46. The zero-order chi connectivity index (χ0) is 12.7. The van der Waals surface area contributed by atoms with Crippen LogP contribution in [0.5, 0.6) is 0 Å². The largest absolute Gasteiger partial charge is 0.481 e. The number of carboxylic acids is 1. The van der Waals surface area contributed by atoms with Crippen molar-refractivity contribution >= 4 is 12.0 Å². The molecule has 0 aromatic carbocycles. The molecule has 0 aliphatic rings. The average Bonchev–Trinajstić information content (AvgIpc) is 2.24. The van der Waals surface area contributed by atoms with E-state index in [1.54, 1.807) is 24.9 Å². The fourth-order valence-electron chi connectivity index (χ4n) is 1.31. The summed E-state index contributed by atoms with van der Waals surface area (Å²) in [6.07, 6.45) is 1.65. The van der Waals surface area contributed by atoms with E-state index in [4.69, 9.17) is 5.11 Å². The molecule has 0 spiro atoms. The number of amides is 2. The van der Waals surface area contributed by atoms with Crippen molar-refractivity contribution in [2.45, 2.75) is 13.8 Å². The number of hydrogen-bond acceptors (Lipinski definition) is 2. The van der Waals surface area contributed by atoms with Gasteiger partial charge in [0.1, 0.15) is 0 Å². The smallest absolute Gasteiger partial charge is 0.320 e. The monoisotopic (exact) mass is 228 g/mol. The lowest BCUT2D eigenvalue weighted by molar-refractivity contribution is -0.141. The number of rotatable bonds is 6. The second-order valence-electron chi connectivity index (χ2n) is 3.73. The van der Waals surface area contributed by atoms with Crippen LogP contribution in [0.3, 0.4) is 0 Å². The summed E-state index contributed by atoms with van der Waals surface area (Å²) in [6, 6.07) is -0.171. The van der Waals surface area contributed by atoms with Gasteiger partial charge in [0.05, 0.1) is 5.92 Å². The van der Waals surface area contributed by atoms with Crippen LogP contribution in [0.15, 0.2) is 12.7 Å². The van der Waals surface area contributed by atoms with Gasteiger partial charge in [-0.1, -0.05) is 13.0 Å². The molecule has 0 fully saturated rings. The van der Waals surface area contributed by atoms with Crippen molar-refractivity contribution in [2.75, 3.05) is 26.7 Å². The van der Waals surface area contributed by atoms with Crippen LogP contribution in [0.25, 0.3) is 0 Å². The minimum atomic E-state index is -0.897. The number of carbonyl (C=O) groups excluding carboxylic acids is 1. The van der Waals surface area contributed by atoms with Gasteiger partial charge in [0.15, 0.2) is 0 Å². The first kappa shape index (κ1) is 14.5. The molecule has 1 N–H and O–H groups in total. The van der Waals surface area contributed by atoms with Gasteiger partial charge >= 0.3 is 12.0 Å². The van der Waals surface area contributed by atoms with Gasteiger partial charge in [0.2, 0.25) is 0 Å². The third-order valence-electron chi connectivity index (χ3n) is 2.30. The summed E-state index contributed by atoms with van der Waals surface area (Å²) in [7, 11) is 1.60. The number of likely N-dealkylation sites (N-methyl/N-ethyl adjacent to an activating group) is 1. The second kappa shape index (κ2) is 6.87. The van der Waals surface area contributed by atoms with Gasteiger partial charge in [-0.2, -0.15) is 0 Å². The minimum Gasteiger partial charge on any atom is -0.481 e. The van der Waals surface area contributed by atoms with Crippen molar-refractivity contribution in [1.82, 2.24) is 9.80 Å². The molecule has 2 amide bonds. The van der Waals surface area contributed by atoms with Gasteiger partial charge in [-0.05, 0) is 6.92 Å². The summed E-state index contributed by atoms with van der Waals surface area (Å²) in [5.41, 5.74) is 0. The Morgan fingerprint density at radius 3 is 2.44 bits per heavy atom. The summed E-state index contributed by atoms with van der Waals surface area (Å²) in [5, 5.41) is 8.74. The molecule has 1 unspecified atom stereocenters. The average molecular weight is 228 g/mol. The van der Waals surface area contributed by atoms with E-state index in [0.717, 1.165) is 0 Å². The Bertz CT molecular complexity index is 266. The highest BCUT2D eigenvalue weighted by Gasteiger charge is 2.20. The third-order valence-corrected chi connectivity index (χ3v) is 2.30. The van der Waals surface area contributed by atoms with Gasteiger partial charge < -0.3 is 14.9 Å². The van der Waals surface area contributed by atoms with E-state index in [0.29, 0.717) is 13.1 Å². The first-order chi connectivity index (χ1) is 7.43. The normalized spacial score (nSPS) is 11.7. The molecule has 5 nitrogen and oxygen atoms in total. The maximum Gasteiger partial charge on any atom is 0.320 e. The standard InChI is InChI=1S/C11H20N2O3/c1-5-7-13(6-2)11(16)12(4)8-9(3)10(14)15/h5,9H,1,6-8H2,2-4H3,(H,14,15). The van der Waals surface area contributed by atoms with E-state index in [-0.39, 0.29) is 12.6 Å². The molecular weight excluding hydrogens is 208 g/mol. The molecule has 0 aliphatic heterocycles. The van der Waals surface area contributed by atoms with Crippen molar-refractivity contribution in [3.63, 3.8) is 0 Å². The molecule has 0 aromatic rings. The van der Waals surface area contributed by atoms with E-state index in [2.05, 4.69) is 6.58 Å². The molecule has 0 radical (unpaired) electrons. The van der Waals surface area contributed by atoms with Crippen molar-refractivity contribution in [2.24, 2.45) is 5.92 Å². The summed E-state index contributed by atoms with van der Waals surface area (Å²) in [4.78, 5) is 25.5. The number of aliphatic carboxylic acids is 1. The van der Waals surface area contributed by atoms with Crippen LogP contribution >= 0.6 is 0 Å². The van der Waals surface area contributed by atoms with Crippen molar-refractivity contribution in [3.05, 3.63) is 12.7 Å². The first-order valence-corrected chi connectivity index (χ1v) is 5.27. The SMILES string of the molecule is C=CCN(CC)C(=O)N(C)CC(C)C(=O)O. The van der Waals surface area contributed by atoms with Crippen LogP contribution in [0.2, 0.25) is 0 Å². The molecule has 0 aromatic heterocycles. The molecular formula is C11H20N2O3. The molecule has 0 saturated heterocycles. The van der Waals surface area contributed by atoms with Gasteiger partial charge in [-0.25, -0.2) is 4.79 Å². The molecule has 0 heterocycles. The van der Waals surface area contributed by atoms with Gasteiger partial charge in [-0.3, -0.25) is 4.79 Å². The number of nitrogens with zero attached hydrogens (tertiary/aromatic N) is 2. The zero-order valence-electron chi connectivity index (χ0n) is 10.1. The number of urea groups is 1. The predicted molar refractivity (Wildman–Crippen MR) is 62.3 cm³/mol. The predicted octanol–water partition coefficient (Wildman–Crippen LogP) is 1.27. The lowest BCUT2D eigenvalue weighted by Crippen LogP contribution is -2.43. The molecule has 92 valence electrons. The summed E-state index contributed by atoms with van der Waals surface area (Å²) >= 11 is 0. The molecule has 5 heteroatoms. The van der Waals surface area contributed by atoms with Crippen LogP contribution in [-0.4, -0.2) is 53.6 Å². The molecule has 1 atom stereocenters. The fraction of sp³-hybridized carbons (Fsp3) is 0.636. The number of hydrogen-bond donors (Lipinski definition) is 1. The highest BCUT2D eigenvalue weighted by Crippen LogP contribution is 2.02. The Hall–Kier alpha value is -1.52. The topological polar surface area (TPSA) is 60.9 Å². The highest BCUT2D eigenvalue weighted by molar-refractivity contribution is 5.76. The molecule has 0 bridgehead atoms. The van der Waals surface area contributed by atoms with Gasteiger partial charge in [0, 0.05) is 26.7 Å². The zero-order valence-corrected chi connectivity index (χ0v) is 10.1. The lowest BCUT2D eigenvalue weighted by Gasteiger charge is -2.27. The van der Waals surface area contributed by atoms with Gasteiger partial charge in [0.25, 0.3) is 0 Å². The lowest BCUT2D eigenvalue weighted by atomic mass is 10.2. The Morgan fingerprint density at radius 2 is 2.06 bits per heavy atom. The molecule has 0 rings (SSSR count). The van der Waals surface area contributed by atoms with Crippen LogP contribution < -0.4 is 0 Å². The maximum absolute atomic E-state index is 11.8. The minimum absolute atomic E-state index is 0.171. The Labute approximate surface area is 96.3 Å². The number of carboxylic acid groups (broad SMARTS) is 1. The van der Waals surface area contributed by atoms with Crippen LogP contribution in [-0.2, 0) is 4.79 Å². The first-order valence-electron chi connectivity index (χ1n) is 5.27. The quantitative estimate of drug-likeness (QED) is 0.696. The molecule has 0 saturated carbocycles. The van der Waals surface area contributed by atoms with Crippen LogP contribution in [0, 0.1) is 5.92 Å². The van der Waals surface area contributed by atoms with Gasteiger partial charge in [-0.15, -0.1) is 6.58 Å². The van der Waals surface area contributed by atoms with Crippen molar-refractivity contribution in [3.8, 4) is 0 Å². The maximum atomic E-state index is 11.8. The molecule has 0 aliphatic carbocycles. The Morgan fingerprint density at radius 1 is 1.50 bits per heavy atom. The summed E-state index contributed by atoms with van der Waals surface area (Å²) in [6.45, 7) is 8.29. The molecule has 16 heavy (non-hydrogen) atoms. The van der Waals surface area contributed by atoms with E-state index in [9.17, 15) is 9.59 Å². The third kappa shape index (κ3) is 4.33. The van der Waals surface area contributed by atoms with E-state index in [1.165, 1.54) is 4.90 Å². The highest BCUT2D eigenvalue weighted by atomic mass is 16.4. The second-order valence-corrected chi connectivity index (χ2v) is 3.73.